The summed E-state index contributed by atoms with van der Waals surface area (Å²) in [4.78, 5) is 11.6. The molecule has 2 unspecified atom stereocenters. The second-order valence-electron chi connectivity index (χ2n) is 5.14. The van der Waals surface area contributed by atoms with Crippen LogP contribution >= 0.6 is 0 Å². The second kappa shape index (κ2) is 5.19. The van der Waals surface area contributed by atoms with E-state index in [0.717, 1.165) is 37.5 Å². The normalized spacial score (nSPS) is 26.3. The molecule has 1 saturated heterocycles. The van der Waals surface area contributed by atoms with Crippen molar-refractivity contribution in [2.45, 2.75) is 25.5 Å². The third-order valence-electron chi connectivity index (χ3n) is 3.58. The number of nitrogens with one attached hydrogen (secondary N) is 3. The van der Waals surface area contributed by atoms with Crippen molar-refractivity contribution in [3.63, 3.8) is 0 Å². The number of hydrogen-bond acceptors (Lipinski definition) is 4. The lowest BCUT2D eigenvalue weighted by molar-refractivity contribution is -0.122. The largest absolute Gasteiger partial charge is 0.479 e. The van der Waals surface area contributed by atoms with E-state index in [2.05, 4.69) is 22.0 Å². The average Bonchev–Trinajstić information content (AvgIpc) is 2.42. The van der Waals surface area contributed by atoms with Crippen LogP contribution in [0.15, 0.2) is 18.2 Å². The summed E-state index contributed by atoms with van der Waals surface area (Å²) in [6.07, 6.45) is 0.536. The van der Waals surface area contributed by atoms with Gasteiger partial charge in [0.15, 0.2) is 6.10 Å². The SMILES string of the molecule is CC1Oc2ccc(CC3CNCCN3)cc2NC1=O. The van der Waals surface area contributed by atoms with Gasteiger partial charge in [0.25, 0.3) is 5.91 Å². The summed E-state index contributed by atoms with van der Waals surface area (Å²) in [5.41, 5.74) is 1.99. The zero-order valence-electron chi connectivity index (χ0n) is 11.0. The fourth-order valence-electron chi connectivity index (χ4n) is 2.52. The minimum atomic E-state index is -0.414. The smallest absolute Gasteiger partial charge is 0.265 e. The predicted octanol–water partition coefficient (Wildman–Crippen LogP) is 0.510. The van der Waals surface area contributed by atoms with E-state index in [0.29, 0.717) is 6.04 Å². The van der Waals surface area contributed by atoms with E-state index in [4.69, 9.17) is 4.74 Å². The third-order valence-corrected chi connectivity index (χ3v) is 3.58. The maximum Gasteiger partial charge on any atom is 0.265 e. The number of rotatable bonds is 2. The monoisotopic (exact) mass is 261 g/mol. The number of anilines is 1. The first kappa shape index (κ1) is 12.4. The number of ether oxygens (including phenoxy) is 1. The number of carbonyl (C=O) groups excluding carboxylic acids is 1. The first-order chi connectivity index (χ1) is 9.22. The molecule has 0 aliphatic carbocycles. The van der Waals surface area contributed by atoms with E-state index in [1.54, 1.807) is 6.92 Å². The molecule has 3 N–H and O–H groups in total. The first-order valence-electron chi connectivity index (χ1n) is 6.77. The van der Waals surface area contributed by atoms with Crippen LogP contribution in [0, 0.1) is 0 Å². The molecule has 0 bridgehead atoms. The summed E-state index contributed by atoms with van der Waals surface area (Å²) in [7, 11) is 0. The number of fused-ring (bicyclic) bond motifs is 1. The third kappa shape index (κ3) is 2.72. The molecule has 2 heterocycles. The molecule has 2 aliphatic heterocycles. The molecule has 1 aromatic carbocycles. The van der Waals surface area contributed by atoms with Gasteiger partial charge in [0.1, 0.15) is 5.75 Å². The summed E-state index contributed by atoms with van der Waals surface area (Å²) in [6, 6.07) is 6.47. The van der Waals surface area contributed by atoms with Crippen LogP contribution in [0.5, 0.6) is 5.75 Å². The van der Waals surface area contributed by atoms with Gasteiger partial charge in [0.2, 0.25) is 0 Å². The van der Waals surface area contributed by atoms with Crippen LogP contribution in [0.2, 0.25) is 0 Å². The molecule has 0 radical (unpaired) electrons. The highest BCUT2D eigenvalue weighted by atomic mass is 16.5. The Bertz CT molecular complexity index is 484. The molecule has 2 atom stereocenters. The zero-order chi connectivity index (χ0) is 13.2. The molecule has 5 heteroatoms. The van der Waals surface area contributed by atoms with Crippen molar-refractivity contribution in [1.82, 2.24) is 10.6 Å². The van der Waals surface area contributed by atoms with Gasteiger partial charge in [-0.3, -0.25) is 4.79 Å². The van der Waals surface area contributed by atoms with Crippen molar-refractivity contribution in [1.29, 1.82) is 0 Å². The number of amides is 1. The van der Waals surface area contributed by atoms with Gasteiger partial charge in [-0.1, -0.05) is 6.07 Å². The molecule has 5 nitrogen and oxygen atoms in total. The second-order valence-corrected chi connectivity index (χ2v) is 5.14. The Labute approximate surface area is 112 Å². The van der Waals surface area contributed by atoms with E-state index in [1.165, 1.54) is 5.56 Å². The van der Waals surface area contributed by atoms with Crippen molar-refractivity contribution in [2.75, 3.05) is 25.0 Å². The van der Waals surface area contributed by atoms with Gasteiger partial charge in [-0.2, -0.15) is 0 Å². The highest BCUT2D eigenvalue weighted by molar-refractivity contribution is 5.97. The van der Waals surface area contributed by atoms with E-state index in [-0.39, 0.29) is 5.91 Å². The van der Waals surface area contributed by atoms with Crippen LogP contribution in [0.4, 0.5) is 5.69 Å². The van der Waals surface area contributed by atoms with Crippen molar-refractivity contribution in [3.8, 4) is 5.75 Å². The molecule has 0 aromatic heterocycles. The lowest BCUT2D eigenvalue weighted by atomic mass is 10.0. The van der Waals surface area contributed by atoms with Crippen LogP contribution in [0.3, 0.4) is 0 Å². The molecule has 1 aromatic rings. The lowest BCUT2D eigenvalue weighted by Crippen LogP contribution is -2.49. The molecular formula is C14H19N3O2. The maximum absolute atomic E-state index is 11.6. The number of carbonyl (C=O) groups is 1. The van der Waals surface area contributed by atoms with Gasteiger partial charge in [0, 0.05) is 25.7 Å². The number of hydrogen-bond donors (Lipinski definition) is 3. The summed E-state index contributed by atoms with van der Waals surface area (Å²) < 4.78 is 5.55. The van der Waals surface area contributed by atoms with Crippen molar-refractivity contribution < 1.29 is 9.53 Å². The predicted molar refractivity (Wildman–Crippen MR) is 73.5 cm³/mol. The summed E-state index contributed by atoms with van der Waals surface area (Å²) >= 11 is 0. The number of benzene rings is 1. The quantitative estimate of drug-likeness (QED) is 0.726. The Hall–Kier alpha value is -1.59. The molecule has 2 aliphatic rings. The molecule has 102 valence electrons. The van der Waals surface area contributed by atoms with Gasteiger partial charge in [0.05, 0.1) is 5.69 Å². The Morgan fingerprint density at radius 2 is 2.26 bits per heavy atom. The van der Waals surface area contributed by atoms with Crippen molar-refractivity contribution in [2.24, 2.45) is 0 Å². The minimum Gasteiger partial charge on any atom is -0.479 e. The molecule has 19 heavy (non-hydrogen) atoms. The van der Waals surface area contributed by atoms with Gasteiger partial charge >= 0.3 is 0 Å². The van der Waals surface area contributed by atoms with E-state index < -0.39 is 6.10 Å². The zero-order valence-corrected chi connectivity index (χ0v) is 11.0. The fraction of sp³-hybridized carbons (Fsp3) is 0.500. The van der Waals surface area contributed by atoms with Gasteiger partial charge in [-0.15, -0.1) is 0 Å². The molecule has 0 spiro atoms. The van der Waals surface area contributed by atoms with Gasteiger partial charge in [-0.05, 0) is 31.0 Å². The van der Waals surface area contributed by atoms with Gasteiger partial charge < -0.3 is 20.7 Å². The van der Waals surface area contributed by atoms with Crippen molar-refractivity contribution >= 4 is 11.6 Å². The summed E-state index contributed by atoms with van der Waals surface area (Å²) in [5, 5.41) is 9.74. The highest BCUT2D eigenvalue weighted by Crippen LogP contribution is 2.30. The van der Waals surface area contributed by atoms with Crippen LogP contribution in [-0.4, -0.2) is 37.7 Å². The van der Waals surface area contributed by atoms with E-state index in [1.807, 2.05) is 12.1 Å². The Kier molecular flexibility index (Phi) is 3.40. The standard InChI is InChI=1S/C14H19N3O2/c1-9-14(18)17-12-7-10(2-3-13(12)19-9)6-11-8-15-4-5-16-11/h2-3,7,9,11,15-16H,4-6,8H2,1H3,(H,17,18). The van der Waals surface area contributed by atoms with Crippen LogP contribution in [0.25, 0.3) is 0 Å². The first-order valence-corrected chi connectivity index (χ1v) is 6.77. The fourth-order valence-corrected chi connectivity index (χ4v) is 2.52. The Morgan fingerprint density at radius 3 is 3.05 bits per heavy atom. The highest BCUT2D eigenvalue weighted by Gasteiger charge is 2.23. The van der Waals surface area contributed by atoms with Crippen LogP contribution in [0.1, 0.15) is 12.5 Å². The molecule has 3 rings (SSSR count). The van der Waals surface area contributed by atoms with E-state index in [9.17, 15) is 4.79 Å². The molecule has 0 saturated carbocycles. The molecular weight excluding hydrogens is 242 g/mol. The van der Waals surface area contributed by atoms with Crippen molar-refractivity contribution in [3.05, 3.63) is 23.8 Å². The lowest BCUT2D eigenvalue weighted by Gasteiger charge is -2.26. The minimum absolute atomic E-state index is 0.0814. The van der Waals surface area contributed by atoms with E-state index >= 15 is 0 Å². The maximum atomic E-state index is 11.6. The molecule has 1 fully saturated rings. The number of piperazine rings is 1. The Balaban J connectivity index is 1.74. The van der Waals surface area contributed by atoms with Gasteiger partial charge in [-0.25, -0.2) is 0 Å². The topological polar surface area (TPSA) is 62.4 Å². The molecule has 1 amide bonds. The Morgan fingerprint density at radius 1 is 1.37 bits per heavy atom. The average molecular weight is 261 g/mol. The van der Waals surface area contributed by atoms with Crippen LogP contribution < -0.4 is 20.7 Å². The van der Waals surface area contributed by atoms with Crippen LogP contribution in [-0.2, 0) is 11.2 Å². The summed E-state index contributed by atoms with van der Waals surface area (Å²) in [5.74, 6) is 0.674. The summed E-state index contributed by atoms with van der Waals surface area (Å²) in [6.45, 7) is 4.77.